The van der Waals surface area contributed by atoms with Gasteiger partial charge in [0.1, 0.15) is 0 Å². The maximum absolute atomic E-state index is 12.8. The molecule has 1 aromatic rings. The molecule has 0 radical (unpaired) electrons. The first-order valence-corrected chi connectivity index (χ1v) is 7.97. The highest BCUT2D eigenvalue weighted by molar-refractivity contribution is 5.79. The van der Waals surface area contributed by atoms with Gasteiger partial charge >= 0.3 is 0 Å². The normalized spacial score (nSPS) is 22.5. The van der Waals surface area contributed by atoms with Crippen molar-refractivity contribution in [2.75, 3.05) is 40.9 Å². The third-order valence-corrected chi connectivity index (χ3v) is 4.52. The van der Waals surface area contributed by atoms with Gasteiger partial charge in [0.15, 0.2) is 0 Å². The number of carbonyl (C=O) groups is 1. The predicted molar refractivity (Wildman–Crippen MR) is 86.6 cm³/mol. The summed E-state index contributed by atoms with van der Waals surface area (Å²) >= 11 is 0. The highest BCUT2D eigenvalue weighted by Crippen LogP contribution is 2.24. The molecule has 122 valence electrons. The lowest BCUT2D eigenvalue weighted by molar-refractivity contribution is -0.139. The fraction of sp³-hybridized carbons (Fsp3) is 0.647. The summed E-state index contributed by atoms with van der Waals surface area (Å²) in [6.07, 6.45) is 4.61. The molecule has 0 aromatic carbocycles. The van der Waals surface area contributed by atoms with E-state index in [1.165, 1.54) is 0 Å². The Kier molecular flexibility index (Phi) is 6.34. The number of likely N-dealkylation sites (tertiary alicyclic amines) is 1. The van der Waals surface area contributed by atoms with Gasteiger partial charge in [0.2, 0.25) is 5.91 Å². The van der Waals surface area contributed by atoms with E-state index in [2.05, 4.69) is 16.9 Å². The van der Waals surface area contributed by atoms with E-state index in [0.29, 0.717) is 13.2 Å². The molecule has 1 fully saturated rings. The summed E-state index contributed by atoms with van der Waals surface area (Å²) < 4.78 is 5.32. The van der Waals surface area contributed by atoms with Crippen LogP contribution in [0.25, 0.3) is 0 Å². The van der Waals surface area contributed by atoms with E-state index in [1.807, 2.05) is 30.1 Å². The van der Waals surface area contributed by atoms with Crippen LogP contribution in [-0.2, 0) is 16.0 Å². The van der Waals surface area contributed by atoms with E-state index in [-0.39, 0.29) is 17.9 Å². The van der Waals surface area contributed by atoms with Gasteiger partial charge in [-0.25, -0.2) is 0 Å². The summed E-state index contributed by atoms with van der Waals surface area (Å²) in [5.41, 5.74) is 1.02. The van der Waals surface area contributed by atoms with E-state index < -0.39 is 0 Å². The molecule has 0 unspecified atom stereocenters. The molecule has 2 atom stereocenters. The van der Waals surface area contributed by atoms with Crippen LogP contribution >= 0.6 is 0 Å². The van der Waals surface area contributed by atoms with Crippen LogP contribution in [0, 0.1) is 5.92 Å². The second kappa shape index (κ2) is 8.25. The van der Waals surface area contributed by atoms with E-state index in [9.17, 15) is 4.79 Å². The SMILES string of the molecule is COC[C@@H]1[C@H](C(=O)N(C)CCc2ccccn2)CCCN1C. The fourth-order valence-corrected chi connectivity index (χ4v) is 3.15. The molecule has 0 N–H and O–H groups in total. The first-order chi connectivity index (χ1) is 10.6. The number of hydrogen-bond donors (Lipinski definition) is 0. The van der Waals surface area contributed by atoms with Crippen molar-refractivity contribution in [2.45, 2.75) is 25.3 Å². The average molecular weight is 305 g/mol. The maximum Gasteiger partial charge on any atom is 0.227 e. The predicted octanol–water partition coefficient (Wildman–Crippen LogP) is 1.44. The molecular weight excluding hydrogens is 278 g/mol. The Morgan fingerprint density at radius 2 is 2.32 bits per heavy atom. The van der Waals surface area contributed by atoms with E-state index in [4.69, 9.17) is 4.74 Å². The lowest BCUT2D eigenvalue weighted by Gasteiger charge is -2.39. The van der Waals surface area contributed by atoms with Crippen LogP contribution < -0.4 is 0 Å². The van der Waals surface area contributed by atoms with Crippen molar-refractivity contribution in [3.8, 4) is 0 Å². The van der Waals surface area contributed by atoms with E-state index in [1.54, 1.807) is 13.3 Å². The van der Waals surface area contributed by atoms with Gasteiger partial charge in [-0.05, 0) is 38.6 Å². The van der Waals surface area contributed by atoms with Crippen molar-refractivity contribution >= 4 is 5.91 Å². The van der Waals surface area contributed by atoms with Crippen LogP contribution in [0.15, 0.2) is 24.4 Å². The average Bonchev–Trinajstić information content (AvgIpc) is 2.55. The molecule has 0 saturated carbocycles. The van der Waals surface area contributed by atoms with Gasteiger partial charge in [0.25, 0.3) is 0 Å². The summed E-state index contributed by atoms with van der Waals surface area (Å²) in [6.45, 7) is 2.35. The first kappa shape index (κ1) is 16.9. The number of likely N-dealkylation sites (N-methyl/N-ethyl adjacent to an activating group) is 2. The highest BCUT2D eigenvalue weighted by atomic mass is 16.5. The molecular formula is C17H27N3O2. The number of carbonyl (C=O) groups excluding carboxylic acids is 1. The quantitative estimate of drug-likeness (QED) is 0.798. The summed E-state index contributed by atoms with van der Waals surface area (Å²) in [6, 6.07) is 6.07. The largest absolute Gasteiger partial charge is 0.383 e. The minimum absolute atomic E-state index is 0.0347. The van der Waals surface area contributed by atoms with Gasteiger partial charge in [0.05, 0.1) is 12.5 Å². The van der Waals surface area contributed by atoms with Crippen molar-refractivity contribution in [3.63, 3.8) is 0 Å². The minimum Gasteiger partial charge on any atom is -0.383 e. The van der Waals surface area contributed by atoms with Crippen molar-refractivity contribution in [1.29, 1.82) is 0 Å². The van der Waals surface area contributed by atoms with Gasteiger partial charge in [-0.15, -0.1) is 0 Å². The molecule has 2 heterocycles. The molecule has 5 heteroatoms. The number of hydrogen-bond acceptors (Lipinski definition) is 4. The Hall–Kier alpha value is -1.46. The van der Waals surface area contributed by atoms with Crippen LogP contribution in [0.5, 0.6) is 0 Å². The van der Waals surface area contributed by atoms with Crippen LogP contribution in [0.2, 0.25) is 0 Å². The molecule has 1 aliphatic rings. The third kappa shape index (κ3) is 4.27. The number of pyridine rings is 1. The number of aromatic nitrogens is 1. The van der Waals surface area contributed by atoms with Crippen molar-refractivity contribution in [2.24, 2.45) is 5.92 Å². The summed E-state index contributed by atoms with van der Waals surface area (Å²) in [7, 11) is 5.68. The smallest absolute Gasteiger partial charge is 0.227 e. The lowest BCUT2D eigenvalue weighted by Crippen LogP contribution is -2.51. The Bertz CT molecular complexity index is 466. The molecule has 2 rings (SSSR count). The van der Waals surface area contributed by atoms with Crippen LogP contribution in [-0.4, -0.2) is 67.6 Å². The topological polar surface area (TPSA) is 45.7 Å². The lowest BCUT2D eigenvalue weighted by atomic mass is 9.88. The Morgan fingerprint density at radius 3 is 3.00 bits per heavy atom. The number of nitrogens with zero attached hydrogens (tertiary/aromatic N) is 3. The second-order valence-corrected chi connectivity index (χ2v) is 6.08. The molecule has 1 aliphatic heterocycles. The van der Waals surface area contributed by atoms with Crippen molar-refractivity contribution in [3.05, 3.63) is 30.1 Å². The molecule has 1 saturated heterocycles. The minimum atomic E-state index is 0.0347. The zero-order chi connectivity index (χ0) is 15.9. The van der Waals surface area contributed by atoms with E-state index in [0.717, 1.165) is 31.5 Å². The number of ether oxygens (including phenoxy) is 1. The van der Waals surface area contributed by atoms with Crippen LogP contribution in [0.3, 0.4) is 0 Å². The summed E-state index contributed by atoms with van der Waals surface area (Å²) in [5.74, 6) is 0.261. The van der Waals surface area contributed by atoms with Gasteiger partial charge in [0, 0.05) is 45.1 Å². The molecule has 0 spiro atoms. The molecule has 1 aromatic heterocycles. The summed E-state index contributed by atoms with van der Waals surface area (Å²) in [4.78, 5) is 21.2. The second-order valence-electron chi connectivity index (χ2n) is 6.08. The maximum atomic E-state index is 12.8. The van der Waals surface area contributed by atoms with Crippen LogP contribution in [0.4, 0.5) is 0 Å². The Morgan fingerprint density at radius 1 is 1.50 bits per heavy atom. The zero-order valence-electron chi connectivity index (χ0n) is 13.9. The van der Waals surface area contributed by atoms with E-state index >= 15 is 0 Å². The van der Waals surface area contributed by atoms with Crippen LogP contribution in [0.1, 0.15) is 18.5 Å². The molecule has 22 heavy (non-hydrogen) atoms. The third-order valence-electron chi connectivity index (χ3n) is 4.52. The van der Waals surface area contributed by atoms with Gasteiger partial charge in [-0.1, -0.05) is 6.07 Å². The van der Waals surface area contributed by atoms with Gasteiger partial charge < -0.3 is 14.5 Å². The molecule has 0 aliphatic carbocycles. The molecule has 1 amide bonds. The fourth-order valence-electron chi connectivity index (χ4n) is 3.15. The number of amides is 1. The number of piperidine rings is 1. The monoisotopic (exact) mass is 305 g/mol. The Balaban J connectivity index is 1.93. The number of rotatable bonds is 6. The first-order valence-electron chi connectivity index (χ1n) is 7.97. The van der Waals surface area contributed by atoms with Gasteiger partial charge in [-0.2, -0.15) is 0 Å². The Labute approximate surface area is 133 Å². The van der Waals surface area contributed by atoms with Gasteiger partial charge in [-0.3, -0.25) is 9.78 Å². The molecule has 5 nitrogen and oxygen atoms in total. The van der Waals surface area contributed by atoms with Crippen molar-refractivity contribution in [1.82, 2.24) is 14.8 Å². The summed E-state index contributed by atoms with van der Waals surface area (Å²) in [5, 5.41) is 0. The molecule has 0 bridgehead atoms. The highest BCUT2D eigenvalue weighted by Gasteiger charge is 2.35. The van der Waals surface area contributed by atoms with Crippen molar-refractivity contribution < 1.29 is 9.53 Å². The number of methoxy groups -OCH3 is 1. The standard InChI is InChI=1S/C17H27N3O2/c1-19-11-6-8-15(16(19)13-22-3)17(21)20(2)12-9-14-7-4-5-10-18-14/h4-5,7,10,15-16H,6,8-9,11-13H2,1-3H3/t15-,16-/m1/s1. The zero-order valence-corrected chi connectivity index (χ0v) is 13.9.